The second kappa shape index (κ2) is 4.43. The van der Waals surface area contributed by atoms with Crippen LogP contribution in [-0.4, -0.2) is 30.6 Å². The summed E-state index contributed by atoms with van der Waals surface area (Å²) >= 11 is 0. The Morgan fingerprint density at radius 2 is 1.85 bits per heavy atom. The predicted octanol–water partition coefficient (Wildman–Crippen LogP) is 1.60. The number of hydrogen-bond donors (Lipinski definition) is 1. The van der Waals surface area contributed by atoms with Crippen molar-refractivity contribution in [1.82, 2.24) is 4.90 Å². The molecule has 0 bridgehead atoms. The quantitative estimate of drug-likeness (QED) is 0.718. The zero-order chi connectivity index (χ0) is 9.10. The van der Waals surface area contributed by atoms with E-state index in [1.807, 2.05) is 0 Å². The molecule has 0 aromatic heterocycles. The fraction of sp³-hybridized carbons (Fsp3) is 1.00. The molecule has 2 rings (SSSR count). The van der Waals surface area contributed by atoms with Gasteiger partial charge < -0.3 is 5.73 Å². The van der Waals surface area contributed by atoms with Crippen LogP contribution in [0.2, 0.25) is 0 Å². The predicted molar refractivity (Wildman–Crippen MR) is 55.6 cm³/mol. The van der Waals surface area contributed by atoms with Crippen molar-refractivity contribution in [2.45, 2.75) is 44.6 Å². The summed E-state index contributed by atoms with van der Waals surface area (Å²) in [5, 5.41) is 0. The molecule has 2 aliphatic rings. The van der Waals surface area contributed by atoms with Crippen LogP contribution in [0.15, 0.2) is 0 Å². The normalized spacial score (nSPS) is 31.6. The summed E-state index contributed by atoms with van der Waals surface area (Å²) in [5.41, 5.74) is 5.63. The third-order valence-electron chi connectivity index (χ3n) is 3.77. The fourth-order valence-electron chi connectivity index (χ4n) is 3.17. The molecule has 1 saturated carbocycles. The van der Waals surface area contributed by atoms with Crippen molar-refractivity contribution >= 4 is 0 Å². The van der Waals surface area contributed by atoms with Crippen LogP contribution >= 0.6 is 0 Å². The van der Waals surface area contributed by atoms with Gasteiger partial charge in [0, 0.05) is 19.1 Å². The standard InChI is InChI=1S/C11H22N2/c12-7-9-13-8-3-6-11(13)10-4-1-2-5-10/h10-11H,1-9,12H2. The number of likely N-dealkylation sites (tertiary alicyclic amines) is 1. The van der Waals surface area contributed by atoms with Crippen molar-refractivity contribution in [2.24, 2.45) is 11.7 Å². The third kappa shape index (κ3) is 2.05. The highest BCUT2D eigenvalue weighted by atomic mass is 15.2. The minimum Gasteiger partial charge on any atom is -0.329 e. The zero-order valence-corrected chi connectivity index (χ0v) is 8.54. The maximum Gasteiger partial charge on any atom is 0.0124 e. The van der Waals surface area contributed by atoms with Crippen LogP contribution in [0.3, 0.4) is 0 Å². The molecule has 2 fully saturated rings. The van der Waals surface area contributed by atoms with Crippen molar-refractivity contribution in [3.05, 3.63) is 0 Å². The van der Waals surface area contributed by atoms with Crippen LogP contribution in [0.25, 0.3) is 0 Å². The van der Waals surface area contributed by atoms with Gasteiger partial charge in [-0.3, -0.25) is 4.90 Å². The molecule has 2 N–H and O–H groups in total. The van der Waals surface area contributed by atoms with Crippen molar-refractivity contribution in [3.63, 3.8) is 0 Å². The minimum absolute atomic E-state index is 0.837. The summed E-state index contributed by atoms with van der Waals surface area (Å²) in [6, 6.07) is 0.894. The van der Waals surface area contributed by atoms with Gasteiger partial charge >= 0.3 is 0 Å². The zero-order valence-electron chi connectivity index (χ0n) is 8.54. The van der Waals surface area contributed by atoms with Crippen molar-refractivity contribution in [1.29, 1.82) is 0 Å². The molecule has 0 spiro atoms. The first-order valence-electron chi connectivity index (χ1n) is 5.86. The van der Waals surface area contributed by atoms with E-state index in [0.717, 1.165) is 25.0 Å². The lowest BCUT2D eigenvalue weighted by molar-refractivity contribution is 0.195. The summed E-state index contributed by atoms with van der Waals surface area (Å²) in [4.78, 5) is 2.63. The van der Waals surface area contributed by atoms with Crippen molar-refractivity contribution in [2.75, 3.05) is 19.6 Å². The molecule has 0 aromatic carbocycles. The molecule has 1 aliphatic heterocycles. The van der Waals surface area contributed by atoms with Gasteiger partial charge in [0.05, 0.1) is 0 Å². The molecule has 1 aliphatic carbocycles. The number of hydrogen-bond acceptors (Lipinski definition) is 2. The first kappa shape index (κ1) is 9.47. The van der Waals surface area contributed by atoms with Crippen LogP contribution in [0.1, 0.15) is 38.5 Å². The van der Waals surface area contributed by atoms with Gasteiger partial charge in [0.2, 0.25) is 0 Å². The maximum absolute atomic E-state index is 5.63. The van der Waals surface area contributed by atoms with Gasteiger partial charge in [-0.15, -0.1) is 0 Å². The highest BCUT2D eigenvalue weighted by molar-refractivity contribution is 4.87. The minimum atomic E-state index is 0.837. The average Bonchev–Trinajstić information content (AvgIpc) is 2.71. The van der Waals surface area contributed by atoms with E-state index in [1.165, 1.54) is 45.1 Å². The van der Waals surface area contributed by atoms with E-state index in [1.54, 1.807) is 0 Å². The van der Waals surface area contributed by atoms with Gasteiger partial charge in [0.15, 0.2) is 0 Å². The van der Waals surface area contributed by atoms with Gasteiger partial charge in [-0.25, -0.2) is 0 Å². The lowest BCUT2D eigenvalue weighted by atomic mass is 9.96. The first-order chi connectivity index (χ1) is 6.42. The van der Waals surface area contributed by atoms with E-state index in [2.05, 4.69) is 4.90 Å². The van der Waals surface area contributed by atoms with Crippen LogP contribution in [0.5, 0.6) is 0 Å². The Morgan fingerprint density at radius 1 is 1.08 bits per heavy atom. The summed E-state index contributed by atoms with van der Waals surface area (Å²) in [5.74, 6) is 1.01. The molecule has 2 nitrogen and oxygen atoms in total. The Labute approximate surface area is 81.5 Å². The van der Waals surface area contributed by atoms with Crippen molar-refractivity contribution in [3.8, 4) is 0 Å². The molecular weight excluding hydrogens is 160 g/mol. The Balaban J connectivity index is 1.88. The first-order valence-corrected chi connectivity index (χ1v) is 5.86. The SMILES string of the molecule is NCCN1CCCC1C1CCCC1. The van der Waals surface area contributed by atoms with E-state index in [4.69, 9.17) is 5.73 Å². The summed E-state index contributed by atoms with van der Waals surface area (Å²) in [6.45, 7) is 3.27. The number of nitrogens with two attached hydrogens (primary N) is 1. The lowest BCUT2D eigenvalue weighted by Crippen LogP contribution is -2.37. The van der Waals surface area contributed by atoms with E-state index < -0.39 is 0 Å². The smallest absolute Gasteiger partial charge is 0.0124 e. The highest BCUT2D eigenvalue weighted by Gasteiger charge is 2.32. The van der Waals surface area contributed by atoms with Crippen LogP contribution in [0, 0.1) is 5.92 Å². The Bertz CT molecular complexity index is 152. The molecule has 76 valence electrons. The van der Waals surface area contributed by atoms with Crippen LogP contribution < -0.4 is 5.73 Å². The second-order valence-electron chi connectivity index (χ2n) is 4.58. The van der Waals surface area contributed by atoms with Crippen molar-refractivity contribution < 1.29 is 0 Å². The maximum atomic E-state index is 5.63. The van der Waals surface area contributed by atoms with E-state index in [9.17, 15) is 0 Å². The summed E-state index contributed by atoms with van der Waals surface area (Å²) in [7, 11) is 0. The fourth-order valence-corrected chi connectivity index (χ4v) is 3.17. The van der Waals surface area contributed by atoms with E-state index >= 15 is 0 Å². The number of rotatable bonds is 3. The molecule has 0 radical (unpaired) electrons. The van der Waals surface area contributed by atoms with E-state index in [-0.39, 0.29) is 0 Å². The monoisotopic (exact) mass is 182 g/mol. The largest absolute Gasteiger partial charge is 0.329 e. The highest BCUT2D eigenvalue weighted by Crippen LogP contribution is 2.34. The van der Waals surface area contributed by atoms with Gasteiger partial charge in [0.25, 0.3) is 0 Å². The number of nitrogens with zero attached hydrogens (tertiary/aromatic N) is 1. The topological polar surface area (TPSA) is 29.3 Å². The van der Waals surface area contributed by atoms with Crippen LogP contribution in [0.4, 0.5) is 0 Å². The summed E-state index contributed by atoms with van der Waals surface area (Å²) < 4.78 is 0. The average molecular weight is 182 g/mol. The Morgan fingerprint density at radius 3 is 2.54 bits per heavy atom. The molecule has 1 unspecified atom stereocenters. The lowest BCUT2D eigenvalue weighted by Gasteiger charge is -2.28. The molecule has 0 amide bonds. The third-order valence-corrected chi connectivity index (χ3v) is 3.77. The Kier molecular flexibility index (Phi) is 3.23. The summed E-state index contributed by atoms with van der Waals surface area (Å²) in [6.07, 6.45) is 8.73. The molecule has 0 aromatic rings. The van der Waals surface area contributed by atoms with Gasteiger partial charge in [-0.1, -0.05) is 12.8 Å². The molecule has 13 heavy (non-hydrogen) atoms. The molecule has 2 heteroatoms. The van der Waals surface area contributed by atoms with Gasteiger partial charge in [-0.2, -0.15) is 0 Å². The molecule has 1 heterocycles. The molecule has 1 saturated heterocycles. The van der Waals surface area contributed by atoms with Crippen LogP contribution in [-0.2, 0) is 0 Å². The molecular formula is C11H22N2. The van der Waals surface area contributed by atoms with E-state index in [0.29, 0.717) is 0 Å². The Hall–Kier alpha value is -0.0800. The van der Waals surface area contributed by atoms with Gasteiger partial charge in [-0.05, 0) is 38.1 Å². The van der Waals surface area contributed by atoms with Gasteiger partial charge in [0.1, 0.15) is 0 Å². The molecule has 1 atom stereocenters. The second-order valence-corrected chi connectivity index (χ2v) is 4.58.